The van der Waals surface area contributed by atoms with Crippen LogP contribution in [0.15, 0.2) is 36.7 Å². The molecule has 1 aromatic heterocycles. The van der Waals surface area contributed by atoms with Gasteiger partial charge in [0.1, 0.15) is 6.29 Å². The van der Waals surface area contributed by atoms with Crippen LogP contribution in [0.4, 0.5) is 13.2 Å². The Labute approximate surface area is 100 Å². The topological polar surface area (TPSA) is 42.9 Å². The normalized spacial score (nSPS) is 11.3. The summed E-state index contributed by atoms with van der Waals surface area (Å²) in [6.45, 7) is 0. The molecule has 18 heavy (non-hydrogen) atoms. The van der Waals surface area contributed by atoms with Crippen LogP contribution in [0, 0.1) is 0 Å². The third-order valence-electron chi connectivity index (χ3n) is 2.29. The van der Waals surface area contributed by atoms with Crippen molar-refractivity contribution < 1.29 is 18.0 Å². The van der Waals surface area contributed by atoms with Gasteiger partial charge in [0.15, 0.2) is 5.82 Å². The standard InChI is InChI=1S/C12H7F3N2O/c13-12(14,15)10-3-2-8(7-18)6-9(10)11-16-4-1-5-17-11/h1-7H. The third-order valence-corrected chi connectivity index (χ3v) is 2.29. The van der Waals surface area contributed by atoms with Crippen LogP contribution in [0.2, 0.25) is 0 Å². The molecule has 0 saturated carbocycles. The summed E-state index contributed by atoms with van der Waals surface area (Å²) in [7, 11) is 0. The van der Waals surface area contributed by atoms with Crippen LogP contribution in [-0.4, -0.2) is 16.3 Å². The second-order valence-corrected chi connectivity index (χ2v) is 3.49. The van der Waals surface area contributed by atoms with Crippen molar-refractivity contribution in [3.05, 3.63) is 47.8 Å². The molecule has 0 spiro atoms. The van der Waals surface area contributed by atoms with Crippen LogP contribution in [0.1, 0.15) is 15.9 Å². The number of carbonyl (C=O) groups excluding carboxylic acids is 1. The number of rotatable bonds is 2. The maximum absolute atomic E-state index is 12.8. The van der Waals surface area contributed by atoms with Gasteiger partial charge in [0, 0.05) is 23.5 Å². The van der Waals surface area contributed by atoms with E-state index in [0.717, 1.165) is 18.2 Å². The number of benzene rings is 1. The van der Waals surface area contributed by atoms with Crippen molar-refractivity contribution in [2.75, 3.05) is 0 Å². The Morgan fingerprint density at radius 3 is 2.33 bits per heavy atom. The van der Waals surface area contributed by atoms with Gasteiger partial charge < -0.3 is 0 Å². The van der Waals surface area contributed by atoms with Crippen molar-refractivity contribution in [1.29, 1.82) is 0 Å². The third kappa shape index (κ3) is 2.37. The van der Waals surface area contributed by atoms with E-state index in [1.54, 1.807) is 0 Å². The predicted octanol–water partition coefficient (Wildman–Crippen LogP) is 2.97. The van der Waals surface area contributed by atoms with Crippen molar-refractivity contribution in [2.45, 2.75) is 6.18 Å². The number of aldehydes is 1. The van der Waals surface area contributed by atoms with Gasteiger partial charge in [0.05, 0.1) is 5.56 Å². The molecule has 0 unspecified atom stereocenters. The lowest BCUT2D eigenvalue weighted by atomic mass is 10.0. The molecule has 0 aliphatic heterocycles. The molecule has 0 saturated heterocycles. The van der Waals surface area contributed by atoms with Gasteiger partial charge in [-0.25, -0.2) is 9.97 Å². The molecule has 0 radical (unpaired) electrons. The molecule has 0 aliphatic carbocycles. The Morgan fingerprint density at radius 2 is 1.78 bits per heavy atom. The highest BCUT2D eigenvalue weighted by molar-refractivity contribution is 5.79. The van der Waals surface area contributed by atoms with Crippen molar-refractivity contribution in [3.63, 3.8) is 0 Å². The molecule has 2 aromatic rings. The largest absolute Gasteiger partial charge is 0.417 e. The molecule has 0 aliphatic rings. The van der Waals surface area contributed by atoms with Gasteiger partial charge in [-0.15, -0.1) is 0 Å². The first-order valence-corrected chi connectivity index (χ1v) is 4.96. The zero-order chi connectivity index (χ0) is 13.2. The fourth-order valence-electron chi connectivity index (χ4n) is 1.51. The smallest absolute Gasteiger partial charge is 0.298 e. The zero-order valence-corrected chi connectivity index (χ0v) is 8.98. The lowest BCUT2D eigenvalue weighted by Gasteiger charge is -2.12. The summed E-state index contributed by atoms with van der Waals surface area (Å²) in [5, 5.41) is 0. The molecular weight excluding hydrogens is 245 g/mol. The molecule has 6 heteroatoms. The summed E-state index contributed by atoms with van der Waals surface area (Å²) in [5.74, 6) is -0.0616. The minimum absolute atomic E-state index is 0.0616. The highest BCUT2D eigenvalue weighted by Crippen LogP contribution is 2.36. The minimum Gasteiger partial charge on any atom is -0.298 e. The van der Waals surface area contributed by atoms with Gasteiger partial charge >= 0.3 is 6.18 Å². The molecule has 0 bridgehead atoms. The molecule has 1 heterocycles. The Bertz CT molecular complexity index is 567. The molecule has 0 fully saturated rings. The van der Waals surface area contributed by atoms with Gasteiger partial charge in [0.2, 0.25) is 0 Å². The highest BCUT2D eigenvalue weighted by atomic mass is 19.4. The Kier molecular flexibility index (Phi) is 3.10. The number of hydrogen-bond donors (Lipinski definition) is 0. The molecule has 0 N–H and O–H groups in total. The van der Waals surface area contributed by atoms with E-state index in [1.807, 2.05) is 0 Å². The molecule has 1 aromatic carbocycles. The summed E-state index contributed by atoms with van der Waals surface area (Å²) < 4.78 is 38.5. The van der Waals surface area contributed by atoms with E-state index in [0.29, 0.717) is 6.29 Å². The van der Waals surface area contributed by atoms with Crippen LogP contribution < -0.4 is 0 Å². The minimum atomic E-state index is -4.52. The first-order valence-electron chi connectivity index (χ1n) is 4.96. The maximum Gasteiger partial charge on any atom is 0.417 e. The highest BCUT2D eigenvalue weighted by Gasteiger charge is 2.34. The monoisotopic (exact) mass is 252 g/mol. The van der Waals surface area contributed by atoms with Crippen LogP contribution in [-0.2, 0) is 6.18 Å². The molecular formula is C12H7F3N2O. The van der Waals surface area contributed by atoms with Gasteiger partial charge in [-0.05, 0) is 18.2 Å². The van der Waals surface area contributed by atoms with Crippen LogP contribution in [0.5, 0.6) is 0 Å². The molecule has 2 rings (SSSR count). The number of aromatic nitrogens is 2. The van der Waals surface area contributed by atoms with Crippen molar-refractivity contribution in [3.8, 4) is 11.4 Å². The zero-order valence-electron chi connectivity index (χ0n) is 8.98. The second kappa shape index (κ2) is 4.56. The fourth-order valence-corrected chi connectivity index (χ4v) is 1.51. The maximum atomic E-state index is 12.8. The first kappa shape index (κ1) is 12.2. The van der Waals surface area contributed by atoms with Gasteiger partial charge in [0.25, 0.3) is 0 Å². The SMILES string of the molecule is O=Cc1ccc(C(F)(F)F)c(-c2ncccn2)c1. The molecule has 3 nitrogen and oxygen atoms in total. The average molecular weight is 252 g/mol. The predicted molar refractivity (Wildman–Crippen MR) is 57.9 cm³/mol. The van der Waals surface area contributed by atoms with E-state index >= 15 is 0 Å². The van der Waals surface area contributed by atoms with Gasteiger partial charge in [-0.2, -0.15) is 13.2 Å². The molecule has 0 atom stereocenters. The number of halogens is 3. The molecule has 92 valence electrons. The summed E-state index contributed by atoms with van der Waals surface area (Å²) in [6, 6.07) is 4.60. The van der Waals surface area contributed by atoms with E-state index in [2.05, 4.69) is 9.97 Å². The van der Waals surface area contributed by atoms with Crippen LogP contribution in [0.3, 0.4) is 0 Å². The average Bonchev–Trinajstić information content (AvgIpc) is 2.38. The summed E-state index contributed by atoms with van der Waals surface area (Å²) in [6.07, 6.45) is -1.35. The van der Waals surface area contributed by atoms with E-state index in [4.69, 9.17) is 0 Å². The quantitative estimate of drug-likeness (QED) is 0.771. The van der Waals surface area contributed by atoms with Crippen LogP contribution >= 0.6 is 0 Å². The van der Waals surface area contributed by atoms with Gasteiger partial charge in [-0.3, -0.25) is 4.79 Å². The lowest BCUT2D eigenvalue weighted by molar-refractivity contribution is -0.137. The summed E-state index contributed by atoms with van der Waals surface area (Å²) >= 11 is 0. The van der Waals surface area contributed by atoms with E-state index < -0.39 is 11.7 Å². The van der Waals surface area contributed by atoms with Crippen molar-refractivity contribution >= 4 is 6.29 Å². The first-order chi connectivity index (χ1) is 8.52. The Hall–Kier alpha value is -2.24. The molecule has 0 amide bonds. The fraction of sp³-hybridized carbons (Fsp3) is 0.0833. The summed E-state index contributed by atoms with van der Waals surface area (Å²) in [5.41, 5.74) is -0.919. The number of alkyl halides is 3. The van der Waals surface area contributed by atoms with Crippen molar-refractivity contribution in [1.82, 2.24) is 9.97 Å². The number of nitrogens with zero attached hydrogens (tertiary/aromatic N) is 2. The Balaban J connectivity index is 2.66. The number of carbonyl (C=O) groups is 1. The van der Waals surface area contributed by atoms with Gasteiger partial charge in [-0.1, -0.05) is 6.07 Å². The Morgan fingerprint density at radius 1 is 1.11 bits per heavy atom. The van der Waals surface area contributed by atoms with E-state index in [1.165, 1.54) is 18.5 Å². The van der Waals surface area contributed by atoms with Crippen molar-refractivity contribution in [2.24, 2.45) is 0 Å². The summed E-state index contributed by atoms with van der Waals surface area (Å²) in [4.78, 5) is 18.2. The van der Waals surface area contributed by atoms with Crippen LogP contribution in [0.25, 0.3) is 11.4 Å². The number of hydrogen-bond acceptors (Lipinski definition) is 3. The lowest BCUT2D eigenvalue weighted by Crippen LogP contribution is -2.08. The van der Waals surface area contributed by atoms with E-state index in [-0.39, 0.29) is 17.0 Å². The second-order valence-electron chi connectivity index (χ2n) is 3.49. The van der Waals surface area contributed by atoms with E-state index in [9.17, 15) is 18.0 Å².